The van der Waals surface area contributed by atoms with Crippen LogP contribution in [-0.2, 0) is 0 Å². The van der Waals surface area contributed by atoms with Crippen LogP contribution in [0.3, 0.4) is 0 Å². The van der Waals surface area contributed by atoms with Gasteiger partial charge in [-0.1, -0.05) is 13.8 Å². The summed E-state index contributed by atoms with van der Waals surface area (Å²) in [5, 5.41) is 13.3. The van der Waals surface area contributed by atoms with E-state index in [9.17, 15) is 5.11 Å². The van der Waals surface area contributed by atoms with Crippen LogP contribution in [0.4, 0.5) is 0 Å². The van der Waals surface area contributed by atoms with Gasteiger partial charge in [0, 0.05) is 12.1 Å². The van der Waals surface area contributed by atoms with Crippen LogP contribution < -0.4 is 5.32 Å². The minimum atomic E-state index is -0.564. The van der Waals surface area contributed by atoms with Crippen LogP contribution in [0.15, 0.2) is 0 Å². The van der Waals surface area contributed by atoms with E-state index in [-0.39, 0.29) is 0 Å². The van der Waals surface area contributed by atoms with E-state index in [0.717, 1.165) is 0 Å². The summed E-state index contributed by atoms with van der Waals surface area (Å²) < 4.78 is 0. The molecular weight excluding hydrogens is 150 g/mol. The Morgan fingerprint density at radius 1 is 1.50 bits per heavy atom. The second-order valence-corrected chi connectivity index (χ2v) is 4.93. The second-order valence-electron chi connectivity index (χ2n) is 4.93. The minimum Gasteiger partial charge on any atom is -0.389 e. The summed E-state index contributed by atoms with van der Waals surface area (Å²) in [7, 11) is 0. The van der Waals surface area contributed by atoms with Gasteiger partial charge in [-0.05, 0) is 32.6 Å². The van der Waals surface area contributed by atoms with Crippen LogP contribution in [0.25, 0.3) is 0 Å². The summed E-state index contributed by atoms with van der Waals surface area (Å²) in [5.41, 5.74) is -0.232. The van der Waals surface area contributed by atoms with Gasteiger partial charge in [0.05, 0.1) is 5.60 Å². The van der Waals surface area contributed by atoms with Crippen molar-refractivity contribution in [2.45, 2.75) is 51.7 Å². The molecule has 2 nitrogen and oxygen atoms in total. The van der Waals surface area contributed by atoms with Gasteiger partial charge in [-0.25, -0.2) is 0 Å². The van der Waals surface area contributed by atoms with Gasteiger partial charge in [-0.3, -0.25) is 0 Å². The van der Waals surface area contributed by atoms with Gasteiger partial charge in [0.15, 0.2) is 0 Å². The molecule has 0 bridgehead atoms. The summed E-state index contributed by atoms with van der Waals surface area (Å²) in [6, 6.07) is 0. The molecule has 1 aliphatic rings. The first kappa shape index (κ1) is 10.0. The number of hydrogen-bond acceptors (Lipinski definition) is 2. The molecule has 0 radical (unpaired) electrons. The van der Waals surface area contributed by atoms with Crippen LogP contribution in [-0.4, -0.2) is 22.8 Å². The predicted molar refractivity (Wildman–Crippen MR) is 51.1 cm³/mol. The fraction of sp³-hybridized carbons (Fsp3) is 1.00. The molecule has 1 fully saturated rings. The second kappa shape index (κ2) is 3.00. The van der Waals surface area contributed by atoms with Crippen molar-refractivity contribution in [1.29, 1.82) is 0 Å². The van der Waals surface area contributed by atoms with Gasteiger partial charge in [0.25, 0.3) is 0 Å². The molecule has 0 aromatic heterocycles. The van der Waals surface area contributed by atoms with Crippen molar-refractivity contribution in [3.63, 3.8) is 0 Å². The molecule has 12 heavy (non-hydrogen) atoms. The predicted octanol–water partition coefficient (Wildman–Crippen LogP) is 1.54. The van der Waals surface area contributed by atoms with E-state index in [1.165, 1.54) is 12.8 Å². The van der Waals surface area contributed by atoms with Crippen LogP contribution >= 0.6 is 0 Å². The Labute approximate surface area is 75.4 Å². The maximum atomic E-state index is 9.92. The maximum absolute atomic E-state index is 9.92. The van der Waals surface area contributed by atoms with E-state index >= 15 is 0 Å². The summed E-state index contributed by atoms with van der Waals surface area (Å²) in [6.45, 7) is 8.93. The SMILES string of the molecule is CC(C)C(C)(O)CNC1(C)CC1. The molecule has 72 valence electrons. The van der Waals surface area contributed by atoms with Crippen LogP contribution in [0.5, 0.6) is 0 Å². The van der Waals surface area contributed by atoms with Crippen molar-refractivity contribution in [2.24, 2.45) is 5.92 Å². The highest BCUT2D eigenvalue weighted by molar-refractivity contribution is 4.99. The third-order valence-corrected chi connectivity index (χ3v) is 3.12. The molecule has 0 aromatic rings. The van der Waals surface area contributed by atoms with Crippen molar-refractivity contribution < 1.29 is 5.11 Å². The van der Waals surface area contributed by atoms with Crippen molar-refractivity contribution in [1.82, 2.24) is 5.32 Å². The van der Waals surface area contributed by atoms with Gasteiger partial charge >= 0.3 is 0 Å². The first-order valence-electron chi connectivity index (χ1n) is 4.83. The largest absolute Gasteiger partial charge is 0.389 e. The zero-order chi connectivity index (χ0) is 9.41. The van der Waals surface area contributed by atoms with Crippen LogP contribution in [0.1, 0.15) is 40.5 Å². The molecule has 0 heterocycles. The molecule has 0 amide bonds. The Balaban J connectivity index is 2.30. The van der Waals surface area contributed by atoms with Crippen molar-refractivity contribution >= 4 is 0 Å². The Morgan fingerprint density at radius 2 is 2.00 bits per heavy atom. The van der Waals surface area contributed by atoms with Gasteiger partial charge in [0.2, 0.25) is 0 Å². The monoisotopic (exact) mass is 171 g/mol. The average Bonchev–Trinajstić information content (AvgIpc) is 2.66. The Morgan fingerprint density at radius 3 is 2.33 bits per heavy atom. The lowest BCUT2D eigenvalue weighted by molar-refractivity contribution is 0.0114. The normalized spacial score (nSPS) is 25.5. The minimum absolute atomic E-state index is 0.312. The average molecular weight is 171 g/mol. The lowest BCUT2D eigenvalue weighted by atomic mass is 9.92. The molecule has 1 aliphatic carbocycles. The molecule has 0 aliphatic heterocycles. The van der Waals surface area contributed by atoms with E-state index in [1.807, 2.05) is 6.92 Å². The molecule has 0 spiro atoms. The standard InChI is InChI=1S/C10H21NO/c1-8(2)10(4,12)7-11-9(3)5-6-9/h8,11-12H,5-7H2,1-4H3. The van der Waals surface area contributed by atoms with E-state index in [2.05, 4.69) is 26.1 Å². The summed E-state index contributed by atoms with van der Waals surface area (Å²) in [4.78, 5) is 0. The third-order valence-electron chi connectivity index (χ3n) is 3.12. The quantitative estimate of drug-likeness (QED) is 0.672. The molecule has 2 N–H and O–H groups in total. The van der Waals surface area contributed by atoms with Crippen LogP contribution in [0.2, 0.25) is 0 Å². The number of rotatable bonds is 4. The van der Waals surface area contributed by atoms with Crippen molar-refractivity contribution in [3.05, 3.63) is 0 Å². The van der Waals surface area contributed by atoms with Gasteiger partial charge < -0.3 is 10.4 Å². The lowest BCUT2D eigenvalue weighted by Gasteiger charge is -2.29. The summed E-state index contributed by atoms with van der Waals surface area (Å²) in [5.74, 6) is 0.312. The van der Waals surface area contributed by atoms with Gasteiger partial charge in [-0.2, -0.15) is 0 Å². The molecule has 2 heteroatoms. The Hall–Kier alpha value is -0.0800. The summed E-state index contributed by atoms with van der Waals surface area (Å²) >= 11 is 0. The molecule has 1 rings (SSSR count). The highest BCUT2D eigenvalue weighted by Gasteiger charge is 2.38. The number of hydrogen-bond donors (Lipinski definition) is 2. The smallest absolute Gasteiger partial charge is 0.0766 e. The van der Waals surface area contributed by atoms with Crippen molar-refractivity contribution in [2.75, 3.05) is 6.54 Å². The Kier molecular flexibility index (Phi) is 2.50. The first-order chi connectivity index (χ1) is 5.36. The highest BCUT2D eigenvalue weighted by Crippen LogP contribution is 2.34. The molecule has 0 aromatic carbocycles. The fourth-order valence-electron chi connectivity index (χ4n) is 0.961. The lowest BCUT2D eigenvalue weighted by Crippen LogP contribution is -2.45. The van der Waals surface area contributed by atoms with Crippen molar-refractivity contribution in [3.8, 4) is 0 Å². The zero-order valence-corrected chi connectivity index (χ0v) is 8.65. The molecule has 1 unspecified atom stereocenters. The van der Waals surface area contributed by atoms with E-state index < -0.39 is 5.60 Å². The number of β-amino-alcohol motifs (C(OH)–C–C–N with tert-alkyl or cyclic N) is 1. The zero-order valence-electron chi connectivity index (χ0n) is 8.65. The third kappa shape index (κ3) is 2.46. The van der Waals surface area contributed by atoms with Gasteiger partial charge in [0.1, 0.15) is 0 Å². The topological polar surface area (TPSA) is 32.3 Å². The van der Waals surface area contributed by atoms with Gasteiger partial charge in [-0.15, -0.1) is 0 Å². The van der Waals surface area contributed by atoms with E-state index in [1.54, 1.807) is 0 Å². The maximum Gasteiger partial charge on any atom is 0.0766 e. The van der Waals surface area contributed by atoms with E-state index in [4.69, 9.17) is 0 Å². The summed E-state index contributed by atoms with van der Waals surface area (Å²) in [6.07, 6.45) is 2.50. The van der Waals surface area contributed by atoms with E-state index in [0.29, 0.717) is 18.0 Å². The molecular formula is C10H21NO. The number of aliphatic hydroxyl groups is 1. The molecule has 1 saturated carbocycles. The first-order valence-corrected chi connectivity index (χ1v) is 4.83. The number of nitrogens with one attached hydrogen (secondary N) is 1. The molecule has 0 saturated heterocycles. The Bertz CT molecular complexity index is 159. The molecule has 1 atom stereocenters. The highest BCUT2D eigenvalue weighted by atomic mass is 16.3. The fourth-order valence-corrected chi connectivity index (χ4v) is 0.961. The van der Waals surface area contributed by atoms with Crippen LogP contribution in [0, 0.1) is 5.92 Å².